The van der Waals surface area contributed by atoms with Crippen LogP contribution in [0, 0.1) is 5.92 Å². The molecular weight excluding hydrogens is 272 g/mol. The highest BCUT2D eigenvalue weighted by Gasteiger charge is 2.31. The lowest BCUT2D eigenvalue weighted by Gasteiger charge is -2.32. The lowest BCUT2D eigenvalue weighted by Crippen LogP contribution is -2.40. The number of sulfone groups is 1. The summed E-state index contributed by atoms with van der Waals surface area (Å²) in [5.41, 5.74) is 2.62. The molecule has 0 radical (unpaired) electrons. The summed E-state index contributed by atoms with van der Waals surface area (Å²) in [5.74, 6) is 1.24. The highest BCUT2D eigenvalue weighted by molar-refractivity contribution is 7.91. The van der Waals surface area contributed by atoms with Gasteiger partial charge in [-0.1, -0.05) is 18.2 Å². The van der Waals surface area contributed by atoms with Crippen LogP contribution in [-0.2, 0) is 16.3 Å². The van der Waals surface area contributed by atoms with Crippen LogP contribution in [0.3, 0.4) is 0 Å². The van der Waals surface area contributed by atoms with E-state index in [1.807, 2.05) is 0 Å². The van der Waals surface area contributed by atoms with E-state index in [0.29, 0.717) is 17.4 Å². The molecule has 1 aromatic carbocycles. The molecule has 3 rings (SSSR count). The van der Waals surface area contributed by atoms with Gasteiger partial charge in [0, 0.05) is 24.8 Å². The van der Waals surface area contributed by atoms with Gasteiger partial charge in [0.25, 0.3) is 0 Å². The van der Waals surface area contributed by atoms with Gasteiger partial charge in [-0.25, -0.2) is 8.42 Å². The lowest BCUT2D eigenvalue weighted by molar-refractivity contribution is 0.223. The Hall–Kier alpha value is -1.07. The van der Waals surface area contributed by atoms with E-state index < -0.39 is 9.84 Å². The predicted molar refractivity (Wildman–Crippen MR) is 81.8 cm³/mol. The van der Waals surface area contributed by atoms with Crippen LogP contribution in [0.1, 0.15) is 12.0 Å². The molecule has 0 saturated carbocycles. The maximum Gasteiger partial charge on any atom is 0.151 e. The number of benzene rings is 1. The molecule has 1 fully saturated rings. The van der Waals surface area contributed by atoms with Gasteiger partial charge in [-0.2, -0.15) is 0 Å². The highest BCUT2D eigenvalue weighted by Crippen LogP contribution is 2.26. The number of anilines is 1. The SMILES string of the molecule is CN(CC1CNc2ccccc2C1)C1CCS(=O)(=O)C1. The van der Waals surface area contributed by atoms with E-state index in [4.69, 9.17) is 0 Å². The molecule has 20 heavy (non-hydrogen) atoms. The third-order valence-electron chi connectivity index (χ3n) is 4.49. The molecule has 0 bridgehead atoms. The molecule has 0 aromatic heterocycles. The smallest absolute Gasteiger partial charge is 0.151 e. The first-order valence-electron chi connectivity index (χ1n) is 7.26. The Bertz CT molecular complexity index is 585. The Balaban J connectivity index is 1.60. The van der Waals surface area contributed by atoms with Gasteiger partial charge >= 0.3 is 0 Å². The fourth-order valence-corrected chi connectivity index (χ4v) is 5.12. The van der Waals surface area contributed by atoms with Crippen molar-refractivity contribution in [1.29, 1.82) is 0 Å². The van der Waals surface area contributed by atoms with Crippen LogP contribution >= 0.6 is 0 Å². The van der Waals surface area contributed by atoms with E-state index in [0.717, 1.165) is 25.9 Å². The molecule has 4 nitrogen and oxygen atoms in total. The minimum Gasteiger partial charge on any atom is -0.384 e. The van der Waals surface area contributed by atoms with Gasteiger partial charge < -0.3 is 10.2 Å². The zero-order chi connectivity index (χ0) is 14.2. The number of hydrogen-bond donors (Lipinski definition) is 1. The van der Waals surface area contributed by atoms with Gasteiger partial charge in [0.05, 0.1) is 11.5 Å². The summed E-state index contributed by atoms with van der Waals surface area (Å²) in [6.45, 7) is 1.93. The van der Waals surface area contributed by atoms with Crippen molar-refractivity contribution in [1.82, 2.24) is 4.90 Å². The number of hydrogen-bond acceptors (Lipinski definition) is 4. The van der Waals surface area contributed by atoms with Gasteiger partial charge in [0.15, 0.2) is 9.84 Å². The van der Waals surface area contributed by atoms with Crippen molar-refractivity contribution >= 4 is 15.5 Å². The van der Waals surface area contributed by atoms with Gasteiger partial charge in [-0.05, 0) is 37.4 Å². The summed E-state index contributed by atoms with van der Waals surface area (Å²) in [6.07, 6.45) is 1.86. The van der Waals surface area contributed by atoms with Crippen LogP contribution in [0.2, 0.25) is 0 Å². The number of nitrogens with one attached hydrogen (secondary N) is 1. The molecule has 2 heterocycles. The second-order valence-electron chi connectivity index (χ2n) is 6.10. The van der Waals surface area contributed by atoms with Crippen molar-refractivity contribution < 1.29 is 8.42 Å². The van der Waals surface area contributed by atoms with Crippen LogP contribution in [0.5, 0.6) is 0 Å². The molecule has 2 unspecified atom stereocenters. The average molecular weight is 294 g/mol. The van der Waals surface area contributed by atoms with Gasteiger partial charge in [0.1, 0.15) is 0 Å². The second-order valence-corrected chi connectivity index (χ2v) is 8.33. The Morgan fingerprint density at radius 1 is 1.35 bits per heavy atom. The van der Waals surface area contributed by atoms with Crippen LogP contribution in [0.4, 0.5) is 5.69 Å². The molecule has 1 saturated heterocycles. The van der Waals surface area contributed by atoms with Gasteiger partial charge in [-0.3, -0.25) is 0 Å². The monoisotopic (exact) mass is 294 g/mol. The third kappa shape index (κ3) is 2.99. The van der Waals surface area contributed by atoms with Gasteiger partial charge in [0.2, 0.25) is 0 Å². The van der Waals surface area contributed by atoms with Crippen molar-refractivity contribution in [2.24, 2.45) is 5.92 Å². The molecule has 2 aliphatic rings. The Morgan fingerprint density at radius 2 is 2.15 bits per heavy atom. The van der Waals surface area contributed by atoms with Crippen LogP contribution < -0.4 is 5.32 Å². The molecule has 0 aliphatic carbocycles. The first kappa shape index (κ1) is 13.9. The van der Waals surface area contributed by atoms with Crippen molar-refractivity contribution in [2.75, 3.05) is 37.0 Å². The van der Waals surface area contributed by atoms with Crippen molar-refractivity contribution in [3.05, 3.63) is 29.8 Å². The number of para-hydroxylation sites is 1. The average Bonchev–Trinajstić information content (AvgIpc) is 2.79. The minimum absolute atomic E-state index is 0.206. The molecule has 2 atom stereocenters. The van der Waals surface area contributed by atoms with Crippen LogP contribution in [0.15, 0.2) is 24.3 Å². The van der Waals surface area contributed by atoms with E-state index >= 15 is 0 Å². The summed E-state index contributed by atoms with van der Waals surface area (Å²) in [6, 6.07) is 8.64. The molecule has 2 aliphatic heterocycles. The van der Waals surface area contributed by atoms with Crippen LogP contribution in [-0.4, -0.2) is 51.0 Å². The first-order chi connectivity index (χ1) is 9.53. The molecule has 110 valence electrons. The normalized spacial score (nSPS) is 28.1. The summed E-state index contributed by atoms with van der Waals surface area (Å²) in [5, 5.41) is 3.48. The number of nitrogens with zero attached hydrogens (tertiary/aromatic N) is 1. The summed E-state index contributed by atoms with van der Waals surface area (Å²) in [4.78, 5) is 2.24. The van der Waals surface area contributed by atoms with E-state index in [-0.39, 0.29) is 6.04 Å². The fourth-order valence-electron chi connectivity index (χ4n) is 3.32. The molecule has 0 spiro atoms. The Morgan fingerprint density at radius 3 is 2.90 bits per heavy atom. The van der Waals surface area contributed by atoms with Gasteiger partial charge in [-0.15, -0.1) is 0 Å². The maximum absolute atomic E-state index is 11.6. The lowest BCUT2D eigenvalue weighted by atomic mass is 9.93. The van der Waals surface area contributed by atoms with Crippen molar-refractivity contribution in [2.45, 2.75) is 18.9 Å². The fraction of sp³-hybridized carbons (Fsp3) is 0.600. The summed E-state index contributed by atoms with van der Waals surface area (Å²) >= 11 is 0. The van der Waals surface area contributed by atoms with E-state index in [2.05, 4.69) is 41.5 Å². The van der Waals surface area contributed by atoms with Crippen LogP contribution in [0.25, 0.3) is 0 Å². The van der Waals surface area contributed by atoms with E-state index in [1.165, 1.54) is 11.3 Å². The number of fused-ring (bicyclic) bond motifs is 1. The molecule has 0 amide bonds. The number of rotatable bonds is 3. The standard InChI is InChI=1S/C15H22N2O2S/c1-17(14-6-7-20(18,19)11-14)10-12-8-13-4-2-3-5-15(13)16-9-12/h2-5,12,14,16H,6-11H2,1H3. The predicted octanol–water partition coefficient (Wildman–Crippen LogP) is 1.39. The van der Waals surface area contributed by atoms with E-state index in [9.17, 15) is 8.42 Å². The molecule has 1 aromatic rings. The minimum atomic E-state index is -2.79. The Kier molecular flexibility index (Phi) is 3.73. The topological polar surface area (TPSA) is 49.4 Å². The van der Waals surface area contributed by atoms with Crippen molar-refractivity contribution in [3.8, 4) is 0 Å². The zero-order valence-corrected chi connectivity index (χ0v) is 12.7. The molecule has 1 N–H and O–H groups in total. The van der Waals surface area contributed by atoms with E-state index in [1.54, 1.807) is 0 Å². The zero-order valence-electron chi connectivity index (χ0n) is 11.9. The largest absolute Gasteiger partial charge is 0.384 e. The highest BCUT2D eigenvalue weighted by atomic mass is 32.2. The Labute approximate surface area is 121 Å². The first-order valence-corrected chi connectivity index (χ1v) is 9.08. The summed E-state index contributed by atoms with van der Waals surface area (Å²) < 4.78 is 23.1. The van der Waals surface area contributed by atoms with Crippen molar-refractivity contribution in [3.63, 3.8) is 0 Å². The maximum atomic E-state index is 11.6. The third-order valence-corrected chi connectivity index (χ3v) is 6.24. The summed E-state index contributed by atoms with van der Waals surface area (Å²) in [7, 11) is -0.726. The second kappa shape index (κ2) is 5.37. The molecular formula is C15H22N2O2S. The quantitative estimate of drug-likeness (QED) is 0.915. The molecule has 5 heteroatoms.